The lowest BCUT2D eigenvalue weighted by molar-refractivity contribution is 0.543. The summed E-state index contributed by atoms with van der Waals surface area (Å²) in [6.07, 6.45) is 0.714. The van der Waals surface area contributed by atoms with Crippen molar-refractivity contribution in [2.75, 3.05) is 5.75 Å². The fourth-order valence-corrected chi connectivity index (χ4v) is 3.06. The monoisotopic (exact) mass is 244 g/mol. The summed E-state index contributed by atoms with van der Waals surface area (Å²) in [5.74, 6) is -0.164. The normalized spacial score (nSPS) is 15.4. The van der Waals surface area contributed by atoms with E-state index in [-0.39, 0.29) is 12.2 Å². The van der Waals surface area contributed by atoms with Crippen LogP contribution in [0.15, 0.2) is 0 Å². The molecule has 0 radical (unpaired) electrons. The lowest BCUT2D eigenvalue weighted by Gasteiger charge is -2.14. The molecule has 86 valence electrons. The minimum Gasteiger partial charge on any atom is -0.227 e. The Morgan fingerprint density at radius 1 is 1.21 bits per heavy atom. The zero-order valence-corrected chi connectivity index (χ0v) is 9.86. The average Bonchev–Trinajstić information content (AvgIpc) is 2.02. The minimum absolute atomic E-state index is 0.164. The lowest BCUT2D eigenvalue weighted by Crippen LogP contribution is -2.44. The molecule has 0 aromatic carbocycles. The maximum Gasteiger partial charge on any atom is 0.226 e. The largest absolute Gasteiger partial charge is 0.227 e. The van der Waals surface area contributed by atoms with Gasteiger partial charge in [0, 0.05) is 0 Å². The van der Waals surface area contributed by atoms with Crippen molar-refractivity contribution in [1.29, 1.82) is 0 Å². The third-order valence-electron chi connectivity index (χ3n) is 1.64. The number of nitrogens with one attached hydrogen (secondary N) is 1. The van der Waals surface area contributed by atoms with E-state index in [2.05, 4.69) is 0 Å². The number of hydrogen-bond acceptors (Lipinski definition) is 4. The van der Waals surface area contributed by atoms with Crippen LogP contribution < -0.4 is 9.86 Å². The summed E-state index contributed by atoms with van der Waals surface area (Å²) in [4.78, 5) is 0. The molecule has 1 unspecified atom stereocenters. The molecule has 0 saturated carbocycles. The van der Waals surface area contributed by atoms with Crippen molar-refractivity contribution < 1.29 is 16.8 Å². The molecular formula is C6H16N2O4S2. The van der Waals surface area contributed by atoms with Crippen LogP contribution in [0.4, 0.5) is 0 Å². The topological polar surface area (TPSA) is 106 Å². The molecule has 0 fully saturated rings. The van der Waals surface area contributed by atoms with Gasteiger partial charge in [0.25, 0.3) is 0 Å². The van der Waals surface area contributed by atoms with Crippen molar-refractivity contribution in [2.45, 2.75) is 32.1 Å². The Morgan fingerprint density at radius 2 is 1.71 bits per heavy atom. The smallest absolute Gasteiger partial charge is 0.226 e. The second-order valence-corrected chi connectivity index (χ2v) is 6.68. The fraction of sp³-hybridized carbons (Fsp3) is 1.00. The first-order valence-corrected chi connectivity index (χ1v) is 7.50. The first-order valence-electron chi connectivity index (χ1n) is 4.24. The van der Waals surface area contributed by atoms with Gasteiger partial charge < -0.3 is 0 Å². The van der Waals surface area contributed by atoms with Gasteiger partial charge in [0.05, 0.1) is 5.75 Å². The van der Waals surface area contributed by atoms with Crippen LogP contribution in [0.2, 0.25) is 0 Å². The molecule has 14 heavy (non-hydrogen) atoms. The molecule has 3 N–H and O–H groups in total. The molecule has 0 spiro atoms. The molecule has 0 saturated heterocycles. The summed E-state index contributed by atoms with van der Waals surface area (Å²) in [6.45, 7) is 3.17. The molecule has 0 aromatic rings. The Labute approximate surface area is 85.0 Å². The standard InChI is InChI=1S/C6H16N2O4S2/c1-3-5-6(14(7,11)12)8-13(9,10)4-2/h6,8H,3-5H2,1-2H3,(H2,7,11,12). The molecule has 0 heterocycles. The van der Waals surface area contributed by atoms with Gasteiger partial charge >= 0.3 is 0 Å². The summed E-state index contributed by atoms with van der Waals surface area (Å²) < 4.78 is 46.2. The molecular weight excluding hydrogens is 228 g/mol. The number of rotatable bonds is 6. The van der Waals surface area contributed by atoms with E-state index in [1.54, 1.807) is 6.92 Å². The maximum absolute atomic E-state index is 11.1. The van der Waals surface area contributed by atoms with Crippen LogP contribution in [0.25, 0.3) is 0 Å². The maximum atomic E-state index is 11.1. The predicted molar refractivity (Wildman–Crippen MR) is 54.4 cm³/mol. The third kappa shape index (κ3) is 4.89. The summed E-state index contributed by atoms with van der Waals surface area (Å²) in [7, 11) is -7.39. The van der Waals surface area contributed by atoms with E-state index in [1.807, 2.05) is 4.72 Å². The predicted octanol–water partition coefficient (Wildman–Crippen LogP) is -0.660. The van der Waals surface area contributed by atoms with Crippen LogP contribution in [0.5, 0.6) is 0 Å². The van der Waals surface area contributed by atoms with E-state index in [4.69, 9.17) is 5.14 Å². The quantitative estimate of drug-likeness (QED) is 0.646. The van der Waals surface area contributed by atoms with E-state index >= 15 is 0 Å². The highest BCUT2D eigenvalue weighted by Gasteiger charge is 2.24. The first-order chi connectivity index (χ1) is 6.23. The van der Waals surface area contributed by atoms with Gasteiger partial charge in [-0.2, -0.15) is 4.72 Å². The molecule has 0 rings (SSSR count). The van der Waals surface area contributed by atoms with Gasteiger partial charge in [-0.25, -0.2) is 22.0 Å². The van der Waals surface area contributed by atoms with Crippen LogP contribution in [0.1, 0.15) is 26.7 Å². The van der Waals surface area contributed by atoms with Crippen molar-refractivity contribution in [3.8, 4) is 0 Å². The van der Waals surface area contributed by atoms with Gasteiger partial charge in [0.15, 0.2) is 0 Å². The molecule has 0 aromatic heterocycles. The highest BCUT2D eigenvalue weighted by atomic mass is 32.2. The van der Waals surface area contributed by atoms with E-state index in [0.717, 1.165) is 0 Å². The lowest BCUT2D eigenvalue weighted by atomic mass is 10.3. The van der Waals surface area contributed by atoms with Gasteiger partial charge in [-0.15, -0.1) is 0 Å². The molecule has 8 heteroatoms. The van der Waals surface area contributed by atoms with Gasteiger partial charge in [0.1, 0.15) is 5.37 Å². The summed E-state index contributed by atoms with van der Waals surface area (Å²) in [6, 6.07) is 0. The Hall–Kier alpha value is -0.180. The molecule has 0 aliphatic rings. The number of primary sulfonamides is 1. The van der Waals surface area contributed by atoms with Crippen molar-refractivity contribution in [3.63, 3.8) is 0 Å². The van der Waals surface area contributed by atoms with Gasteiger partial charge in [-0.05, 0) is 13.3 Å². The molecule has 1 atom stereocenters. The Morgan fingerprint density at radius 3 is 2.00 bits per heavy atom. The van der Waals surface area contributed by atoms with Crippen LogP contribution in [0, 0.1) is 0 Å². The van der Waals surface area contributed by atoms with E-state index in [9.17, 15) is 16.8 Å². The van der Waals surface area contributed by atoms with Crippen molar-refractivity contribution in [1.82, 2.24) is 4.72 Å². The molecule has 0 amide bonds. The Kier molecular flexibility index (Phi) is 4.99. The summed E-state index contributed by atoms with van der Waals surface area (Å²) in [5.41, 5.74) is 0. The average molecular weight is 244 g/mol. The van der Waals surface area contributed by atoms with Crippen LogP contribution in [0.3, 0.4) is 0 Å². The number of sulfonamides is 2. The summed E-state index contributed by atoms with van der Waals surface area (Å²) >= 11 is 0. The Balaban J connectivity index is 4.73. The SMILES string of the molecule is CCCC(NS(=O)(=O)CC)S(N)(=O)=O. The summed E-state index contributed by atoms with van der Waals surface area (Å²) in [5, 5.41) is 3.66. The van der Waals surface area contributed by atoms with Crippen molar-refractivity contribution in [2.24, 2.45) is 5.14 Å². The zero-order valence-electron chi connectivity index (χ0n) is 8.23. The van der Waals surface area contributed by atoms with Gasteiger partial charge in [0.2, 0.25) is 20.0 Å². The molecule has 0 aliphatic heterocycles. The highest BCUT2D eigenvalue weighted by molar-refractivity contribution is 7.93. The molecule has 6 nitrogen and oxygen atoms in total. The second-order valence-electron chi connectivity index (χ2n) is 2.89. The van der Waals surface area contributed by atoms with E-state index < -0.39 is 25.4 Å². The highest BCUT2D eigenvalue weighted by Crippen LogP contribution is 2.03. The second kappa shape index (κ2) is 5.06. The van der Waals surface area contributed by atoms with E-state index in [0.29, 0.717) is 6.42 Å². The van der Waals surface area contributed by atoms with Crippen LogP contribution in [-0.4, -0.2) is 28.0 Å². The zero-order chi connectivity index (χ0) is 11.4. The van der Waals surface area contributed by atoms with Crippen molar-refractivity contribution >= 4 is 20.0 Å². The van der Waals surface area contributed by atoms with E-state index in [1.165, 1.54) is 6.92 Å². The first kappa shape index (κ1) is 13.8. The fourth-order valence-electron chi connectivity index (χ4n) is 0.836. The number of hydrogen-bond donors (Lipinski definition) is 2. The van der Waals surface area contributed by atoms with Gasteiger partial charge in [-0.3, -0.25) is 0 Å². The minimum atomic E-state index is -3.86. The van der Waals surface area contributed by atoms with Gasteiger partial charge in [-0.1, -0.05) is 13.3 Å². The van der Waals surface area contributed by atoms with Crippen molar-refractivity contribution in [3.05, 3.63) is 0 Å². The van der Waals surface area contributed by atoms with Crippen LogP contribution >= 0.6 is 0 Å². The Bertz CT molecular complexity index is 347. The van der Waals surface area contributed by atoms with Crippen LogP contribution in [-0.2, 0) is 20.0 Å². The molecule has 0 aliphatic carbocycles. The molecule has 0 bridgehead atoms. The number of nitrogens with two attached hydrogens (primary N) is 1. The third-order valence-corrected chi connectivity index (χ3v) is 4.34.